The van der Waals surface area contributed by atoms with Crippen LogP contribution in [0.2, 0.25) is 0 Å². The summed E-state index contributed by atoms with van der Waals surface area (Å²) in [5.74, 6) is -1.22. The number of ether oxygens (including phenoxy) is 1. The van der Waals surface area contributed by atoms with Crippen LogP contribution in [0, 0.1) is 5.82 Å². The second-order valence-corrected chi connectivity index (χ2v) is 11.7. The molecule has 0 aliphatic heterocycles. The molecule has 192 valence electrons. The van der Waals surface area contributed by atoms with E-state index in [9.17, 15) is 13.2 Å². The van der Waals surface area contributed by atoms with E-state index in [0.717, 1.165) is 6.21 Å². The summed E-state index contributed by atoms with van der Waals surface area (Å²) in [6.07, 6.45) is 3.67. The number of carboxylic acids is 1. The van der Waals surface area contributed by atoms with E-state index in [1.54, 1.807) is 42.5 Å². The molecule has 0 fully saturated rings. The molecule has 0 atom stereocenters. The molecule has 2 aromatic carbocycles. The molecule has 37 heavy (non-hydrogen) atoms. The Bertz CT molecular complexity index is 1600. The predicted molar refractivity (Wildman–Crippen MR) is 138 cm³/mol. The Morgan fingerprint density at radius 1 is 1.16 bits per heavy atom. The van der Waals surface area contributed by atoms with Crippen molar-refractivity contribution in [2.24, 2.45) is 4.40 Å². The molecule has 0 saturated carbocycles. The molecule has 4 aromatic rings. The Labute approximate surface area is 213 Å². The zero-order valence-electron chi connectivity index (χ0n) is 20.4. The number of carboxylic acid groups (broad SMARTS) is 1. The first-order valence-electron chi connectivity index (χ1n) is 11.3. The van der Waals surface area contributed by atoms with Gasteiger partial charge in [0, 0.05) is 28.3 Å². The standard InChI is InChI=1S/C27H25FN2O6S/c1-27(2,3)37(33,34)30-14-22-26(28)20(10-11-29-22)17-8-9-24-21(12-17)19(16-36-24)15-35-23-7-5-4-6-18(23)13-25(31)32/h4-12,14,16H,13,15H2,1-3H3,(H,31,32). The van der Waals surface area contributed by atoms with Crippen molar-refractivity contribution >= 4 is 33.2 Å². The predicted octanol–water partition coefficient (Wildman–Crippen LogP) is 5.39. The van der Waals surface area contributed by atoms with Gasteiger partial charge < -0.3 is 14.3 Å². The molecule has 10 heteroatoms. The van der Waals surface area contributed by atoms with Crippen molar-refractivity contribution in [2.45, 2.75) is 38.5 Å². The SMILES string of the molecule is CC(C)(C)S(=O)(=O)N=Cc1nccc(-c2ccc3occ(COc4ccccc4CC(=O)O)c3c2)c1F. The Kier molecular flexibility index (Phi) is 7.13. The van der Waals surface area contributed by atoms with Gasteiger partial charge in [0.2, 0.25) is 0 Å². The van der Waals surface area contributed by atoms with Gasteiger partial charge in [-0.1, -0.05) is 24.3 Å². The number of nitrogens with zero attached hydrogens (tertiary/aromatic N) is 2. The summed E-state index contributed by atoms with van der Waals surface area (Å²) < 4.78 is 53.9. The summed E-state index contributed by atoms with van der Waals surface area (Å²) in [6.45, 7) is 4.62. The molecule has 4 rings (SSSR count). The number of rotatable bonds is 8. The third-order valence-corrected chi connectivity index (χ3v) is 7.60. The molecule has 0 saturated heterocycles. The summed E-state index contributed by atoms with van der Waals surface area (Å²) in [5, 5.41) is 9.82. The number of aromatic nitrogens is 1. The highest BCUT2D eigenvalue weighted by atomic mass is 32.2. The van der Waals surface area contributed by atoms with E-state index < -0.39 is 26.6 Å². The molecule has 0 amide bonds. The van der Waals surface area contributed by atoms with E-state index in [4.69, 9.17) is 14.3 Å². The van der Waals surface area contributed by atoms with E-state index in [2.05, 4.69) is 9.38 Å². The van der Waals surface area contributed by atoms with Gasteiger partial charge >= 0.3 is 5.97 Å². The number of hydrogen-bond acceptors (Lipinski definition) is 6. The van der Waals surface area contributed by atoms with Crippen LogP contribution >= 0.6 is 0 Å². The maximum absolute atomic E-state index is 15.3. The monoisotopic (exact) mass is 524 g/mol. The normalized spacial score (nSPS) is 12.3. The molecule has 0 bridgehead atoms. The molecule has 1 N–H and O–H groups in total. The lowest BCUT2D eigenvalue weighted by Crippen LogP contribution is -2.25. The minimum atomic E-state index is -3.85. The number of sulfonamides is 1. The van der Waals surface area contributed by atoms with Crippen molar-refractivity contribution in [2.75, 3.05) is 0 Å². The smallest absolute Gasteiger partial charge is 0.307 e. The molecular weight excluding hydrogens is 499 g/mol. The van der Waals surface area contributed by atoms with Crippen LogP contribution in [-0.4, -0.2) is 35.4 Å². The number of carbonyl (C=O) groups is 1. The van der Waals surface area contributed by atoms with Crippen molar-refractivity contribution in [1.82, 2.24) is 4.98 Å². The van der Waals surface area contributed by atoms with Gasteiger partial charge in [0.15, 0.2) is 5.82 Å². The van der Waals surface area contributed by atoms with Gasteiger partial charge in [-0.05, 0) is 50.6 Å². The third kappa shape index (κ3) is 5.69. The second-order valence-electron chi connectivity index (χ2n) is 9.32. The van der Waals surface area contributed by atoms with E-state index in [0.29, 0.717) is 33.4 Å². The number of benzene rings is 2. The fourth-order valence-corrected chi connectivity index (χ4v) is 4.08. The summed E-state index contributed by atoms with van der Waals surface area (Å²) in [4.78, 5) is 15.1. The largest absolute Gasteiger partial charge is 0.488 e. The second kappa shape index (κ2) is 10.1. The molecular formula is C27H25FN2O6S. The minimum Gasteiger partial charge on any atom is -0.488 e. The highest BCUT2D eigenvalue weighted by Crippen LogP contribution is 2.31. The van der Waals surface area contributed by atoms with Gasteiger partial charge in [-0.2, -0.15) is 4.40 Å². The van der Waals surface area contributed by atoms with E-state index in [1.807, 2.05) is 0 Å². The Hall–Kier alpha value is -4.05. The number of furan rings is 1. The number of pyridine rings is 1. The summed E-state index contributed by atoms with van der Waals surface area (Å²) in [7, 11) is -3.85. The first kappa shape index (κ1) is 26.0. The van der Waals surface area contributed by atoms with E-state index >= 15 is 4.39 Å². The number of fused-ring (bicyclic) bond motifs is 1. The molecule has 0 aliphatic carbocycles. The average molecular weight is 525 g/mol. The van der Waals surface area contributed by atoms with Crippen molar-refractivity contribution in [3.8, 4) is 16.9 Å². The Balaban J connectivity index is 1.64. The van der Waals surface area contributed by atoms with Crippen LogP contribution in [0.15, 0.2) is 69.8 Å². The van der Waals surface area contributed by atoms with E-state index in [1.165, 1.54) is 39.3 Å². The van der Waals surface area contributed by atoms with Gasteiger partial charge in [0.1, 0.15) is 23.6 Å². The third-order valence-electron chi connectivity index (χ3n) is 5.67. The van der Waals surface area contributed by atoms with Crippen LogP contribution < -0.4 is 4.74 Å². The molecule has 0 radical (unpaired) electrons. The Morgan fingerprint density at radius 3 is 2.65 bits per heavy atom. The summed E-state index contributed by atoms with van der Waals surface area (Å²) in [5.41, 5.74) is 2.34. The minimum absolute atomic E-state index is 0.106. The van der Waals surface area contributed by atoms with Crippen LogP contribution in [0.3, 0.4) is 0 Å². The highest BCUT2D eigenvalue weighted by Gasteiger charge is 2.28. The number of para-hydroxylation sites is 1. The molecule has 8 nitrogen and oxygen atoms in total. The van der Waals surface area contributed by atoms with Crippen molar-refractivity contribution in [1.29, 1.82) is 0 Å². The average Bonchev–Trinajstić information content (AvgIpc) is 3.24. The van der Waals surface area contributed by atoms with Crippen LogP contribution in [0.5, 0.6) is 5.75 Å². The van der Waals surface area contributed by atoms with Gasteiger partial charge in [-0.15, -0.1) is 0 Å². The lowest BCUT2D eigenvalue weighted by atomic mass is 10.0. The van der Waals surface area contributed by atoms with Crippen LogP contribution in [0.4, 0.5) is 4.39 Å². The van der Waals surface area contributed by atoms with Crippen molar-refractivity contribution in [3.63, 3.8) is 0 Å². The number of aliphatic carboxylic acids is 1. The summed E-state index contributed by atoms with van der Waals surface area (Å²) in [6, 6.07) is 13.5. The number of hydrogen-bond donors (Lipinski definition) is 1. The quantitative estimate of drug-likeness (QED) is 0.307. The molecule has 0 spiro atoms. The lowest BCUT2D eigenvalue weighted by molar-refractivity contribution is -0.136. The highest BCUT2D eigenvalue weighted by molar-refractivity contribution is 7.91. The maximum atomic E-state index is 15.3. The molecule has 0 unspecified atom stereocenters. The molecule has 2 heterocycles. The van der Waals surface area contributed by atoms with Gasteiger partial charge in [0.05, 0.1) is 23.6 Å². The number of halogens is 1. The van der Waals surface area contributed by atoms with Crippen LogP contribution in [0.1, 0.15) is 37.6 Å². The van der Waals surface area contributed by atoms with E-state index in [-0.39, 0.29) is 24.3 Å². The van der Waals surface area contributed by atoms with Gasteiger partial charge in [-0.3, -0.25) is 9.78 Å². The summed E-state index contributed by atoms with van der Waals surface area (Å²) >= 11 is 0. The van der Waals surface area contributed by atoms with Crippen molar-refractivity contribution in [3.05, 3.63) is 83.6 Å². The first-order chi connectivity index (χ1) is 17.5. The maximum Gasteiger partial charge on any atom is 0.307 e. The van der Waals surface area contributed by atoms with Crippen molar-refractivity contribution < 1.29 is 31.9 Å². The fourth-order valence-electron chi connectivity index (χ4n) is 3.52. The van der Waals surface area contributed by atoms with Crippen LogP contribution in [-0.2, 0) is 27.8 Å². The first-order valence-corrected chi connectivity index (χ1v) is 12.8. The molecule has 2 aromatic heterocycles. The fraction of sp³-hybridized carbons (Fsp3) is 0.222. The zero-order valence-corrected chi connectivity index (χ0v) is 21.3. The molecule has 0 aliphatic rings. The zero-order chi connectivity index (χ0) is 26.8. The Morgan fingerprint density at radius 2 is 1.92 bits per heavy atom. The van der Waals surface area contributed by atoms with Crippen LogP contribution in [0.25, 0.3) is 22.1 Å². The lowest BCUT2D eigenvalue weighted by Gasteiger charge is -2.14. The topological polar surface area (TPSA) is 119 Å². The van der Waals surface area contributed by atoms with Gasteiger partial charge in [-0.25, -0.2) is 12.8 Å². The van der Waals surface area contributed by atoms with Gasteiger partial charge in [0.25, 0.3) is 10.0 Å².